The van der Waals surface area contributed by atoms with E-state index in [1.807, 2.05) is 22.8 Å². The van der Waals surface area contributed by atoms with Crippen LogP contribution >= 0.6 is 11.8 Å². The minimum Gasteiger partial charge on any atom is -0.454 e. The molecular weight excluding hydrogens is 421 g/mol. The Morgan fingerprint density at radius 1 is 1.16 bits per heavy atom. The van der Waals surface area contributed by atoms with Crippen LogP contribution in [-0.4, -0.2) is 45.1 Å². The highest BCUT2D eigenvalue weighted by Crippen LogP contribution is 2.41. The zero-order valence-corrected chi connectivity index (χ0v) is 17.6. The summed E-state index contributed by atoms with van der Waals surface area (Å²) in [7, 11) is 0. The predicted octanol–water partition coefficient (Wildman–Crippen LogP) is 3.82. The molecule has 0 unspecified atom stereocenters. The van der Waals surface area contributed by atoms with Crippen LogP contribution in [0, 0.1) is 5.82 Å². The first-order chi connectivity index (χ1) is 15.2. The molecule has 0 amide bonds. The van der Waals surface area contributed by atoms with Crippen molar-refractivity contribution in [2.75, 3.05) is 19.2 Å². The molecule has 1 atom stereocenters. The van der Waals surface area contributed by atoms with Gasteiger partial charge in [-0.1, -0.05) is 30.0 Å². The summed E-state index contributed by atoms with van der Waals surface area (Å²) < 4.78 is 32.6. The molecule has 5 rings (SSSR count). The van der Waals surface area contributed by atoms with Crippen LogP contribution in [0.2, 0.25) is 0 Å². The van der Waals surface area contributed by atoms with Crippen molar-refractivity contribution in [1.82, 2.24) is 14.8 Å². The first-order valence-electron chi connectivity index (χ1n) is 10.2. The van der Waals surface area contributed by atoms with E-state index in [9.17, 15) is 9.50 Å². The third-order valence-corrected chi connectivity index (χ3v) is 6.20. The zero-order valence-electron chi connectivity index (χ0n) is 16.7. The van der Waals surface area contributed by atoms with Crippen LogP contribution in [0.4, 0.5) is 4.39 Å². The summed E-state index contributed by atoms with van der Waals surface area (Å²) in [6.07, 6.45) is 1.38. The number of aliphatic hydroxyl groups excluding tert-OH is 1. The lowest BCUT2D eigenvalue weighted by molar-refractivity contribution is 0.0397. The maximum absolute atomic E-state index is 14.3. The second-order valence-corrected chi connectivity index (χ2v) is 8.54. The molecule has 1 aromatic heterocycles. The van der Waals surface area contributed by atoms with Crippen LogP contribution in [0.5, 0.6) is 11.5 Å². The van der Waals surface area contributed by atoms with Gasteiger partial charge >= 0.3 is 0 Å². The molecule has 0 radical (unpaired) electrons. The number of rotatable bonds is 9. The molecule has 31 heavy (non-hydrogen) atoms. The van der Waals surface area contributed by atoms with Crippen molar-refractivity contribution < 1.29 is 23.7 Å². The van der Waals surface area contributed by atoms with Gasteiger partial charge in [0.25, 0.3) is 0 Å². The lowest BCUT2D eigenvalue weighted by Crippen LogP contribution is -2.18. The molecule has 2 aliphatic rings. The van der Waals surface area contributed by atoms with Gasteiger partial charge in [-0.25, -0.2) is 4.39 Å². The Hall–Kier alpha value is -2.62. The first kappa shape index (κ1) is 20.3. The topological polar surface area (TPSA) is 78.6 Å². The standard InChI is InChI=1S/C22H22FN3O4S/c23-18-4-2-1-3-17(18)21-24-25-22(26(21)15-6-7-15)31-12-16(27)11-28-10-14-5-8-19-20(9-14)30-13-29-19/h1-5,8-9,15-16,27H,6-7,10-13H2/t16-/m0/s1. The molecule has 0 spiro atoms. The number of hydrogen-bond acceptors (Lipinski definition) is 7. The maximum atomic E-state index is 14.3. The summed E-state index contributed by atoms with van der Waals surface area (Å²) in [5.41, 5.74) is 1.40. The largest absolute Gasteiger partial charge is 0.454 e. The average molecular weight is 444 g/mol. The number of halogens is 1. The fraction of sp³-hybridized carbons (Fsp3) is 0.364. The number of thioether (sulfide) groups is 1. The van der Waals surface area contributed by atoms with Crippen molar-refractivity contribution in [3.8, 4) is 22.9 Å². The van der Waals surface area contributed by atoms with Crippen molar-refractivity contribution >= 4 is 11.8 Å². The van der Waals surface area contributed by atoms with E-state index < -0.39 is 6.10 Å². The number of aromatic nitrogens is 3. The zero-order chi connectivity index (χ0) is 21.2. The van der Waals surface area contributed by atoms with Gasteiger partial charge < -0.3 is 19.3 Å². The molecule has 9 heteroatoms. The molecule has 3 aromatic rings. The van der Waals surface area contributed by atoms with Crippen LogP contribution < -0.4 is 9.47 Å². The van der Waals surface area contributed by atoms with Gasteiger partial charge in [0.05, 0.1) is 24.9 Å². The van der Waals surface area contributed by atoms with E-state index in [-0.39, 0.29) is 25.3 Å². The van der Waals surface area contributed by atoms with Crippen molar-refractivity contribution in [3.05, 3.63) is 53.8 Å². The minimum atomic E-state index is -0.666. The molecule has 0 bridgehead atoms. The quantitative estimate of drug-likeness (QED) is 0.504. The molecule has 162 valence electrons. The third-order valence-electron chi connectivity index (χ3n) is 5.11. The van der Waals surface area contributed by atoms with E-state index in [4.69, 9.17) is 14.2 Å². The molecule has 1 fully saturated rings. The summed E-state index contributed by atoms with van der Waals surface area (Å²) in [4.78, 5) is 0. The van der Waals surface area contributed by atoms with Crippen molar-refractivity contribution in [2.24, 2.45) is 0 Å². The van der Waals surface area contributed by atoms with Gasteiger partial charge in [0.2, 0.25) is 6.79 Å². The SMILES string of the molecule is O[C@@H](COCc1ccc2c(c1)OCO2)CSc1nnc(-c2ccccc2F)n1C1CC1. The maximum Gasteiger partial charge on any atom is 0.231 e. The molecule has 0 saturated heterocycles. The Balaban J connectivity index is 1.17. The second kappa shape index (κ2) is 8.86. The van der Waals surface area contributed by atoms with Gasteiger partial charge in [-0.2, -0.15) is 0 Å². The van der Waals surface area contributed by atoms with E-state index in [1.165, 1.54) is 17.8 Å². The molecule has 1 saturated carbocycles. The van der Waals surface area contributed by atoms with Gasteiger partial charge in [-0.3, -0.25) is 4.57 Å². The molecule has 7 nitrogen and oxygen atoms in total. The lowest BCUT2D eigenvalue weighted by atomic mass is 10.2. The Labute approximate surface area is 183 Å². The fourth-order valence-electron chi connectivity index (χ4n) is 3.43. The third kappa shape index (κ3) is 4.53. The second-order valence-electron chi connectivity index (χ2n) is 7.55. The summed E-state index contributed by atoms with van der Waals surface area (Å²) >= 11 is 1.41. The lowest BCUT2D eigenvalue weighted by Gasteiger charge is -2.12. The Morgan fingerprint density at radius 2 is 2.00 bits per heavy atom. The number of benzene rings is 2. The monoisotopic (exact) mass is 443 g/mol. The van der Waals surface area contributed by atoms with Crippen molar-refractivity contribution in [2.45, 2.75) is 36.8 Å². The Kier molecular flexibility index (Phi) is 5.80. The fourth-order valence-corrected chi connectivity index (χ4v) is 4.34. The van der Waals surface area contributed by atoms with Crippen LogP contribution in [0.3, 0.4) is 0 Å². The highest BCUT2D eigenvalue weighted by Gasteiger charge is 2.31. The van der Waals surface area contributed by atoms with Crippen LogP contribution in [0.15, 0.2) is 47.6 Å². The van der Waals surface area contributed by atoms with Gasteiger partial charge in [0.1, 0.15) is 5.82 Å². The number of nitrogens with zero attached hydrogens (tertiary/aromatic N) is 3. The van der Waals surface area contributed by atoms with Crippen molar-refractivity contribution in [3.63, 3.8) is 0 Å². The van der Waals surface area contributed by atoms with E-state index >= 15 is 0 Å². The highest BCUT2D eigenvalue weighted by atomic mass is 32.2. The van der Waals surface area contributed by atoms with E-state index in [1.54, 1.807) is 18.2 Å². The molecular formula is C22H22FN3O4S. The van der Waals surface area contributed by atoms with Gasteiger partial charge in [0.15, 0.2) is 22.5 Å². The van der Waals surface area contributed by atoms with Gasteiger partial charge in [-0.05, 0) is 42.7 Å². The minimum absolute atomic E-state index is 0.194. The number of aliphatic hydroxyl groups is 1. The average Bonchev–Trinajstić information content (AvgIpc) is 3.35. The van der Waals surface area contributed by atoms with Gasteiger partial charge in [0, 0.05) is 11.8 Å². The van der Waals surface area contributed by atoms with Crippen LogP contribution in [-0.2, 0) is 11.3 Å². The summed E-state index contributed by atoms with van der Waals surface area (Å²) in [6.45, 7) is 0.799. The molecule has 2 heterocycles. The van der Waals surface area contributed by atoms with Crippen LogP contribution in [0.25, 0.3) is 11.4 Å². The Morgan fingerprint density at radius 3 is 2.84 bits per heavy atom. The molecule has 1 N–H and O–H groups in total. The van der Waals surface area contributed by atoms with Gasteiger partial charge in [-0.15, -0.1) is 10.2 Å². The normalized spacial score (nSPS) is 15.9. The van der Waals surface area contributed by atoms with E-state index in [0.717, 1.165) is 24.2 Å². The summed E-state index contributed by atoms with van der Waals surface area (Å²) in [5, 5.41) is 19.5. The predicted molar refractivity (Wildman–Crippen MR) is 113 cm³/mol. The van der Waals surface area contributed by atoms with Crippen molar-refractivity contribution in [1.29, 1.82) is 0 Å². The molecule has 1 aliphatic carbocycles. The van der Waals surface area contributed by atoms with E-state index in [0.29, 0.717) is 34.7 Å². The highest BCUT2D eigenvalue weighted by molar-refractivity contribution is 7.99. The number of ether oxygens (including phenoxy) is 3. The number of fused-ring (bicyclic) bond motifs is 1. The van der Waals surface area contributed by atoms with E-state index in [2.05, 4.69) is 10.2 Å². The first-order valence-corrected chi connectivity index (χ1v) is 11.1. The smallest absolute Gasteiger partial charge is 0.231 e. The summed E-state index contributed by atoms with van der Waals surface area (Å²) in [5.74, 6) is 2.07. The molecule has 1 aliphatic heterocycles. The number of hydrogen-bond donors (Lipinski definition) is 1. The summed E-state index contributed by atoms with van der Waals surface area (Å²) in [6, 6.07) is 12.5. The van der Waals surface area contributed by atoms with Crippen LogP contribution in [0.1, 0.15) is 24.4 Å². The Bertz CT molecular complexity index is 1070. The molecule has 2 aromatic carbocycles.